The molecule has 1 aliphatic carbocycles. The van der Waals surface area contributed by atoms with Gasteiger partial charge < -0.3 is 10.4 Å². The van der Waals surface area contributed by atoms with Gasteiger partial charge in [0.15, 0.2) is 5.65 Å². The zero-order valence-corrected chi connectivity index (χ0v) is 12.4. The summed E-state index contributed by atoms with van der Waals surface area (Å²) in [5.74, 6) is 0.791. The topological polar surface area (TPSA) is 95.8 Å². The van der Waals surface area contributed by atoms with Gasteiger partial charge in [-0.05, 0) is 30.9 Å². The summed E-state index contributed by atoms with van der Waals surface area (Å²) in [7, 11) is 0. The lowest BCUT2D eigenvalue weighted by atomic mass is 9.81. The molecule has 1 fully saturated rings. The van der Waals surface area contributed by atoms with Gasteiger partial charge in [0, 0.05) is 12.6 Å². The first-order chi connectivity index (χ1) is 11.2. The summed E-state index contributed by atoms with van der Waals surface area (Å²) in [6, 6.07) is 9.83. The first kappa shape index (κ1) is 14.0. The highest BCUT2D eigenvalue weighted by Crippen LogP contribution is 2.28. The van der Waals surface area contributed by atoms with Gasteiger partial charge in [0.2, 0.25) is 5.95 Å². The number of nitrogens with one attached hydrogen (secondary N) is 2. The van der Waals surface area contributed by atoms with Gasteiger partial charge in [-0.2, -0.15) is 10.1 Å². The lowest BCUT2D eigenvalue weighted by Crippen LogP contribution is -2.38. The Morgan fingerprint density at radius 2 is 2.09 bits per heavy atom. The van der Waals surface area contributed by atoms with Crippen LogP contribution in [-0.2, 0) is 0 Å². The molecule has 2 aromatic heterocycles. The van der Waals surface area contributed by atoms with E-state index < -0.39 is 0 Å². The van der Waals surface area contributed by atoms with E-state index in [4.69, 9.17) is 5.11 Å². The van der Waals surface area contributed by atoms with Crippen LogP contribution in [0.5, 0.6) is 0 Å². The summed E-state index contributed by atoms with van der Waals surface area (Å²) in [4.78, 5) is 19.5. The fraction of sp³-hybridized carbons (Fsp3) is 0.312. The number of hydrogen-bond acceptors (Lipinski definition) is 5. The number of aromatic amines is 1. The van der Waals surface area contributed by atoms with Crippen LogP contribution in [0.3, 0.4) is 0 Å². The third-order valence-corrected chi connectivity index (χ3v) is 4.27. The van der Waals surface area contributed by atoms with Crippen LogP contribution in [0.25, 0.3) is 16.7 Å². The Bertz CT molecular complexity index is 880. The third-order valence-electron chi connectivity index (χ3n) is 4.27. The molecule has 0 unspecified atom stereocenters. The van der Waals surface area contributed by atoms with E-state index in [1.54, 1.807) is 4.68 Å². The first-order valence-electron chi connectivity index (χ1n) is 7.65. The van der Waals surface area contributed by atoms with Crippen molar-refractivity contribution >= 4 is 17.0 Å². The molecule has 118 valence electrons. The number of hydrogen-bond donors (Lipinski definition) is 3. The molecule has 0 bridgehead atoms. The molecule has 7 nitrogen and oxygen atoms in total. The van der Waals surface area contributed by atoms with E-state index in [0.717, 1.165) is 18.5 Å². The number of H-pyrrole nitrogens is 1. The first-order valence-corrected chi connectivity index (χ1v) is 7.65. The van der Waals surface area contributed by atoms with E-state index in [0.29, 0.717) is 22.9 Å². The van der Waals surface area contributed by atoms with E-state index in [-0.39, 0.29) is 18.2 Å². The van der Waals surface area contributed by atoms with E-state index in [2.05, 4.69) is 20.4 Å². The van der Waals surface area contributed by atoms with Gasteiger partial charge >= 0.3 is 0 Å². The molecule has 3 aromatic rings. The van der Waals surface area contributed by atoms with Crippen LogP contribution in [-0.4, -0.2) is 37.5 Å². The number of aromatic nitrogens is 4. The highest BCUT2D eigenvalue weighted by molar-refractivity contribution is 5.76. The lowest BCUT2D eigenvalue weighted by molar-refractivity contribution is 0.151. The molecule has 7 heteroatoms. The highest BCUT2D eigenvalue weighted by Gasteiger charge is 2.28. The maximum atomic E-state index is 12.2. The fourth-order valence-electron chi connectivity index (χ4n) is 2.94. The van der Waals surface area contributed by atoms with E-state index in [9.17, 15) is 4.79 Å². The zero-order chi connectivity index (χ0) is 15.8. The second kappa shape index (κ2) is 5.51. The molecule has 1 saturated carbocycles. The smallest absolute Gasteiger partial charge is 0.263 e. The summed E-state index contributed by atoms with van der Waals surface area (Å²) in [5.41, 5.74) is 1.17. The van der Waals surface area contributed by atoms with Crippen molar-refractivity contribution in [1.82, 2.24) is 19.7 Å². The molecule has 0 amide bonds. The second-order valence-corrected chi connectivity index (χ2v) is 5.91. The largest absolute Gasteiger partial charge is 0.396 e. The lowest BCUT2D eigenvalue weighted by Gasteiger charge is -2.34. The van der Waals surface area contributed by atoms with Crippen LogP contribution in [0.15, 0.2) is 41.3 Å². The fourth-order valence-corrected chi connectivity index (χ4v) is 2.94. The van der Waals surface area contributed by atoms with Crippen molar-refractivity contribution in [3.05, 3.63) is 46.9 Å². The number of aliphatic hydroxyl groups excluding tert-OH is 1. The third kappa shape index (κ3) is 2.49. The number of aliphatic hydroxyl groups is 1. The van der Waals surface area contributed by atoms with Crippen LogP contribution in [0.2, 0.25) is 0 Å². The van der Waals surface area contributed by atoms with E-state index in [1.807, 2.05) is 30.3 Å². The quantitative estimate of drug-likeness (QED) is 0.675. The number of nitrogens with zero attached hydrogens (tertiary/aromatic N) is 3. The average Bonchev–Trinajstić information content (AvgIpc) is 2.96. The molecule has 23 heavy (non-hydrogen) atoms. The predicted octanol–water partition coefficient (Wildman–Crippen LogP) is 1.29. The molecular weight excluding hydrogens is 294 g/mol. The minimum absolute atomic E-state index is 0.210. The maximum Gasteiger partial charge on any atom is 0.263 e. The normalized spacial score (nSPS) is 20.4. The monoisotopic (exact) mass is 311 g/mol. The van der Waals surface area contributed by atoms with Crippen molar-refractivity contribution in [2.24, 2.45) is 5.92 Å². The SMILES string of the molecule is O=c1[nH]c(NC2CC(CO)C2)nc2c1cnn2-c1ccccc1. The summed E-state index contributed by atoms with van der Waals surface area (Å²) < 4.78 is 1.66. The summed E-state index contributed by atoms with van der Waals surface area (Å²) >= 11 is 0. The minimum Gasteiger partial charge on any atom is -0.396 e. The number of benzene rings is 1. The summed E-state index contributed by atoms with van der Waals surface area (Å²) in [6.45, 7) is 0.210. The number of para-hydroxylation sites is 1. The van der Waals surface area contributed by atoms with E-state index >= 15 is 0 Å². The Kier molecular flexibility index (Phi) is 3.34. The van der Waals surface area contributed by atoms with Gasteiger partial charge in [0.1, 0.15) is 5.39 Å². The van der Waals surface area contributed by atoms with Crippen molar-refractivity contribution in [1.29, 1.82) is 0 Å². The molecule has 0 spiro atoms. The van der Waals surface area contributed by atoms with Crippen molar-refractivity contribution < 1.29 is 5.11 Å². The molecule has 0 atom stereocenters. The maximum absolute atomic E-state index is 12.2. The molecule has 4 rings (SSSR count). The van der Waals surface area contributed by atoms with Crippen molar-refractivity contribution in [3.8, 4) is 5.69 Å². The Morgan fingerprint density at radius 1 is 1.30 bits per heavy atom. The molecule has 2 heterocycles. The van der Waals surface area contributed by atoms with Crippen LogP contribution in [0, 0.1) is 5.92 Å². The van der Waals surface area contributed by atoms with Crippen LogP contribution >= 0.6 is 0 Å². The predicted molar refractivity (Wildman–Crippen MR) is 86.7 cm³/mol. The Labute approximate surface area is 132 Å². The highest BCUT2D eigenvalue weighted by atomic mass is 16.3. The molecule has 1 aromatic carbocycles. The van der Waals surface area contributed by atoms with Gasteiger partial charge in [-0.25, -0.2) is 4.68 Å². The van der Waals surface area contributed by atoms with Gasteiger partial charge in [-0.1, -0.05) is 18.2 Å². The second-order valence-electron chi connectivity index (χ2n) is 5.91. The van der Waals surface area contributed by atoms with Crippen molar-refractivity contribution in [2.75, 3.05) is 11.9 Å². The van der Waals surface area contributed by atoms with E-state index in [1.165, 1.54) is 6.20 Å². The van der Waals surface area contributed by atoms with Crippen molar-refractivity contribution in [3.63, 3.8) is 0 Å². The molecule has 0 aliphatic heterocycles. The van der Waals surface area contributed by atoms with Crippen LogP contribution in [0.4, 0.5) is 5.95 Å². The number of fused-ring (bicyclic) bond motifs is 1. The molecule has 0 radical (unpaired) electrons. The molecular formula is C16H17N5O2. The minimum atomic E-state index is -0.210. The number of rotatable bonds is 4. The van der Waals surface area contributed by atoms with Gasteiger partial charge in [-0.15, -0.1) is 0 Å². The summed E-state index contributed by atoms with van der Waals surface area (Å²) in [5, 5.41) is 17.0. The summed E-state index contributed by atoms with van der Waals surface area (Å²) in [6.07, 6.45) is 3.30. The standard InChI is InChI=1S/C16H17N5O2/c22-9-10-6-11(7-10)18-16-19-14-13(15(23)20-16)8-17-21(14)12-4-2-1-3-5-12/h1-5,8,10-11,22H,6-7,9H2,(H2,18,19,20,23). The molecule has 0 saturated heterocycles. The van der Waals surface area contributed by atoms with Crippen LogP contribution < -0.4 is 10.9 Å². The van der Waals surface area contributed by atoms with Crippen LogP contribution in [0.1, 0.15) is 12.8 Å². The van der Waals surface area contributed by atoms with Gasteiger partial charge in [0.05, 0.1) is 11.9 Å². The van der Waals surface area contributed by atoms with Crippen molar-refractivity contribution in [2.45, 2.75) is 18.9 Å². The molecule has 3 N–H and O–H groups in total. The average molecular weight is 311 g/mol. The Morgan fingerprint density at radius 3 is 2.83 bits per heavy atom. The molecule has 1 aliphatic rings. The number of anilines is 1. The Balaban J connectivity index is 1.70. The zero-order valence-electron chi connectivity index (χ0n) is 12.4. The van der Waals surface area contributed by atoms with Gasteiger partial charge in [-0.3, -0.25) is 9.78 Å². The van der Waals surface area contributed by atoms with Gasteiger partial charge in [0.25, 0.3) is 5.56 Å². The Hall–Kier alpha value is -2.67.